The molecule has 0 fully saturated rings. The van der Waals surface area contributed by atoms with Gasteiger partial charge in [0.1, 0.15) is 0 Å². The van der Waals surface area contributed by atoms with Crippen molar-refractivity contribution in [2.24, 2.45) is 0 Å². The summed E-state index contributed by atoms with van der Waals surface area (Å²) in [6, 6.07) is 49.1. The second kappa shape index (κ2) is 11.5. The van der Waals surface area contributed by atoms with Gasteiger partial charge in [0, 0.05) is 54.0 Å². The Labute approximate surface area is 261 Å². The molecule has 8 rings (SSSR count). The number of rotatable bonds is 7. The highest BCUT2D eigenvalue weighted by atomic mass is 15.3. The van der Waals surface area contributed by atoms with Gasteiger partial charge in [-0.2, -0.15) is 10.2 Å². The fraction of sp³-hybridized carbons (Fsp3) is 0. The summed E-state index contributed by atoms with van der Waals surface area (Å²) in [5.41, 5.74) is 12.3. The normalized spacial score (nSPS) is 11.1. The molecule has 5 aromatic carbocycles. The summed E-state index contributed by atoms with van der Waals surface area (Å²) in [7, 11) is 0. The highest BCUT2D eigenvalue weighted by molar-refractivity contribution is 5.98. The van der Waals surface area contributed by atoms with Crippen LogP contribution in [0.1, 0.15) is 0 Å². The van der Waals surface area contributed by atoms with Crippen molar-refractivity contribution in [1.82, 2.24) is 24.1 Å². The van der Waals surface area contributed by atoms with E-state index in [0.717, 1.165) is 50.4 Å². The van der Waals surface area contributed by atoms with Gasteiger partial charge in [-0.15, -0.1) is 0 Å². The van der Waals surface area contributed by atoms with E-state index in [1.54, 1.807) is 6.20 Å². The molecule has 3 heterocycles. The lowest BCUT2D eigenvalue weighted by atomic mass is 9.86. The molecule has 45 heavy (non-hydrogen) atoms. The average molecular weight is 580 g/mol. The lowest BCUT2D eigenvalue weighted by Crippen LogP contribution is -2.04. The first kappa shape index (κ1) is 26.4. The average Bonchev–Trinajstić information content (AvgIpc) is 3.93. The Morgan fingerprint density at radius 1 is 0.356 bits per heavy atom. The number of hydrogen-bond acceptors (Lipinski definition) is 2. The Balaban J connectivity index is 1.38. The molecular weight excluding hydrogens is 550 g/mol. The van der Waals surface area contributed by atoms with E-state index in [4.69, 9.17) is 5.10 Å². The van der Waals surface area contributed by atoms with Gasteiger partial charge in [0.05, 0.1) is 11.4 Å². The Morgan fingerprint density at radius 3 is 1.62 bits per heavy atom. The van der Waals surface area contributed by atoms with Gasteiger partial charge in [-0.3, -0.25) is 0 Å². The summed E-state index contributed by atoms with van der Waals surface area (Å²) in [5, 5.41) is 9.22. The highest BCUT2D eigenvalue weighted by Crippen LogP contribution is 2.44. The van der Waals surface area contributed by atoms with E-state index in [0.29, 0.717) is 0 Å². The molecule has 0 aliphatic rings. The van der Waals surface area contributed by atoms with Gasteiger partial charge in [-0.25, -0.2) is 9.36 Å². The number of hydrogen-bond donors (Lipinski definition) is 0. The van der Waals surface area contributed by atoms with E-state index < -0.39 is 0 Å². The summed E-state index contributed by atoms with van der Waals surface area (Å²) in [4.78, 5) is 0. The molecule has 0 unspecified atom stereocenters. The molecule has 0 aliphatic carbocycles. The van der Waals surface area contributed by atoms with Crippen LogP contribution in [-0.4, -0.2) is 24.1 Å². The van der Waals surface area contributed by atoms with Gasteiger partial charge in [0.2, 0.25) is 0 Å². The molecule has 5 nitrogen and oxygen atoms in total. The zero-order valence-electron chi connectivity index (χ0n) is 24.5. The summed E-state index contributed by atoms with van der Waals surface area (Å²) in [6.07, 6.45) is 11.8. The standard InChI is InChI=1S/C40H29N5/c1-2-10-30(11-3-1)35-12-4-5-13-37(35)38-23-22-36(31-14-20-34(21-15-31)44-28-8-24-41-44)39(40(38)45-29-9-25-42-45)32-16-18-33(19-17-32)43-26-6-7-27-43/h1-29H. The molecule has 0 amide bonds. The zero-order chi connectivity index (χ0) is 30.0. The maximum atomic E-state index is 4.80. The van der Waals surface area contributed by atoms with Crippen LogP contribution in [0.15, 0.2) is 177 Å². The van der Waals surface area contributed by atoms with Gasteiger partial charge in [-0.05, 0) is 81.9 Å². The molecule has 0 spiro atoms. The maximum absolute atomic E-state index is 4.80. The predicted molar refractivity (Wildman–Crippen MR) is 182 cm³/mol. The lowest BCUT2D eigenvalue weighted by molar-refractivity contribution is 0.880. The molecule has 0 bridgehead atoms. The van der Waals surface area contributed by atoms with Crippen molar-refractivity contribution >= 4 is 0 Å². The van der Waals surface area contributed by atoms with Crippen molar-refractivity contribution in [2.45, 2.75) is 0 Å². The van der Waals surface area contributed by atoms with Gasteiger partial charge < -0.3 is 4.57 Å². The van der Waals surface area contributed by atoms with E-state index >= 15 is 0 Å². The molecule has 0 saturated heterocycles. The van der Waals surface area contributed by atoms with E-state index in [1.807, 2.05) is 52.2 Å². The topological polar surface area (TPSA) is 40.6 Å². The zero-order valence-corrected chi connectivity index (χ0v) is 24.5. The van der Waals surface area contributed by atoms with Crippen molar-refractivity contribution in [3.63, 3.8) is 0 Å². The molecule has 214 valence electrons. The summed E-state index contributed by atoms with van der Waals surface area (Å²) >= 11 is 0. The maximum Gasteiger partial charge on any atom is 0.0808 e. The van der Waals surface area contributed by atoms with Gasteiger partial charge in [-0.1, -0.05) is 91.0 Å². The number of aromatic nitrogens is 5. The first-order valence-corrected chi connectivity index (χ1v) is 15.0. The highest BCUT2D eigenvalue weighted by Gasteiger charge is 2.21. The Hall–Kier alpha value is -6.20. The second-order valence-electron chi connectivity index (χ2n) is 10.9. The van der Waals surface area contributed by atoms with Crippen LogP contribution in [-0.2, 0) is 0 Å². The molecule has 0 aliphatic heterocycles. The van der Waals surface area contributed by atoms with E-state index in [2.05, 4.69) is 137 Å². The van der Waals surface area contributed by atoms with Gasteiger partial charge >= 0.3 is 0 Å². The van der Waals surface area contributed by atoms with Crippen LogP contribution >= 0.6 is 0 Å². The molecule has 0 N–H and O–H groups in total. The third-order valence-electron chi connectivity index (χ3n) is 8.22. The smallest absolute Gasteiger partial charge is 0.0808 e. The Bertz CT molecular complexity index is 2160. The van der Waals surface area contributed by atoms with Crippen LogP contribution < -0.4 is 0 Å². The van der Waals surface area contributed by atoms with Crippen molar-refractivity contribution in [1.29, 1.82) is 0 Å². The van der Waals surface area contributed by atoms with E-state index in [1.165, 1.54) is 11.1 Å². The third kappa shape index (κ3) is 4.96. The molecule has 0 saturated carbocycles. The molecular formula is C40H29N5. The van der Waals surface area contributed by atoms with Crippen LogP contribution in [0.25, 0.3) is 61.6 Å². The first-order valence-electron chi connectivity index (χ1n) is 15.0. The minimum absolute atomic E-state index is 1.02. The van der Waals surface area contributed by atoms with E-state index in [9.17, 15) is 0 Å². The van der Waals surface area contributed by atoms with E-state index in [-0.39, 0.29) is 0 Å². The fourth-order valence-electron chi connectivity index (χ4n) is 6.09. The summed E-state index contributed by atoms with van der Waals surface area (Å²) in [6.45, 7) is 0. The quantitative estimate of drug-likeness (QED) is 0.189. The van der Waals surface area contributed by atoms with Crippen LogP contribution in [0.4, 0.5) is 0 Å². The van der Waals surface area contributed by atoms with Crippen molar-refractivity contribution in [3.8, 4) is 61.6 Å². The van der Waals surface area contributed by atoms with Crippen LogP contribution in [0.2, 0.25) is 0 Å². The monoisotopic (exact) mass is 579 g/mol. The number of nitrogens with zero attached hydrogens (tertiary/aromatic N) is 5. The first-order chi connectivity index (χ1) is 22.3. The SMILES string of the molecule is c1ccc(-c2ccccc2-c2ccc(-c3ccc(-n4cccn4)cc3)c(-c3ccc(-n4cccc4)cc3)c2-n2cccn2)cc1. The molecule has 5 heteroatoms. The van der Waals surface area contributed by atoms with Crippen molar-refractivity contribution in [3.05, 3.63) is 177 Å². The number of benzene rings is 5. The second-order valence-corrected chi connectivity index (χ2v) is 10.9. The molecule has 8 aromatic rings. The van der Waals surface area contributed by atoms with Crippen LogP contribution in [0.5, 0.6) is 0 Å². The predicted octanol–water partition coefficient (Wildman–Crippen LogP) is 9.52. The largest absolute Gasteiger partial charge is 0.324 e. The summed E-state index contributed by atoms with van der Waals surface area (Å²) < 4.78 is 6.01. The van der Waals surface area contributed by atoms with Crippen molar-refractivity contribution < 1.29 is 0 Å². The Kier molecular flexibility index (Phi) is 6.74. The Morgan fingerprint density at radius 2 is 0.933 bits per heavy atom. The summed E-state index contributed by atoms with van der Waals surface area (Å²) in [5.74, 6) is 0. The minimum Gasteiger partial charge on any atom is -0.324 e. The van der Waals surface area contributed by atoms with Crippen LogP contribution in [0.3, 0.4) is 0 Å². The van der Waals surface area contributed by atoms with Gasteiger partial charge in [0.15, 0.2) is 0 Å². The lowest BCUT2D eigenvalue weighted by Gasteiger charge is -2.22. The molecule has 0 radical (unpaired) electrons. The molecule has 0 atom stereocenters. The van der Waals surface area contributed by atoms with Crippen LogP contribution in [0, 0.1) is 0 Å². The fourth-order valence-corrected chi connectivity index (χ4v) is 6.09. The third-order valence-corrected chi connectivity index (χ3v) is 8.22. The minimum atomic E-state index is 1.02. The molecule has 3 aromatic heterocycles. The van der Waals surface area contributed by atoms with Gasteiger partial charge in [0.25, 0.3) is 0 Å². The van der Waals surface area contributed by atoms with Crippen molar-refractivity contribution in [2.75, 3.05) is 0 Å².